The molecule has 0 aliphatic carbocycles. The molecule has 308 valence electrons. The summed E-state index contributed by atoms with van der Waals surface area (Å²) in [6, 6.07) is 0. The van der Waals surface area contributed by atoms with E-state index in [4.69, 9.17) is 18.5 Å². The first-order valence-electron chi connectivity index (χ1n) is 21.0. The molecule has 0 aromatic heterocycles. The predicted molar refractivity (Wildman–Crippen MR) is 224 cm³/mol. The lowest BCUT2D eigenvalue weighted by Crippen LogP contribution is -2.37. The number of hydrogen-bond donors (Lipinski definition) is 1. The summed E-state index contributed by atoms with van der Waals surface area (Å²) in [7, 11) is 1.63. The Hall–Kier alpha value is -1.80. The number of phosphoric ester groups is 1. The second-order valence-corrected chi connectivity index (χ2v) is 16.4. The summed E-state index contributed by atoms with van der Waals surface area (Å²) >= 11 is 0. The van der Waals surface area contributed by atoms with Crippen LogP contribution in [0.2, 0.25) is 0 Å². The number of likely N-dealkylation sites (N-methyl/N-ethyl adjacent to an activating group) is 1. The van der Waals surface area contributed by atoms with Crippen molar-refractivity contribution in [3.63, 3.8) is 0 Å². The summed E-state index contributed by atoms with van der Waals surface area (Å²) in [4.78, 5) is 22.8. The van der Waals surface area contributed by atoms with Crippen molar-refractivity contribution in [1.29, 1.82) is 0 Å². The molecule has 0 saturated heterocycles. The molecule has 0 saturated carbocycles. The minimum atomic E-state index is -4.29. The van der Waals surface area contributed by atoms with E-state index in [1.807, 2.05) is 21.1 Å². The summed E-state index contributed by atoms with van der Waals surface area (Å²) in [5.74, 6) is -0.371. The average Bonchev–Trinajstić information content (AvgIpc) is 3.11. The number of carbonyl (C=O) groups excluding carboxylic acids is 1. The van der Waals surface area contributed by atoms with Crippen LogP contribution in [-0.4, -0.2) is 75.6 Å². The molecule has 0 rings (SSSR count). The summed E-state index contributed by atoms with van der Waals surface area (Å²) in [6.45, 7) is 5.43. The van der Waals surface area contributed by atoms with Gasteiger partial charge in [0, 0.05) is 13.0 Å². The van der Waals surface area contributed by atoms with E-state index in [2.05, 4.69) is 74.6 Å². The van der Waals surface area contributed by atoms with Gasteiger partial charge >= 0.3 is 13.8 Å². The number of quaternary nitrogens is 1. The number of carbonyl (C=O) groups is 1. The fourth-order valence-corrected chi connectivity index (χ4v) is 6.09. The molecule has 0 aliphatic rings. The normalized spacial score (nSPS) is 14.5. The molecule has 53 heavy (non-hydrogen) atoms. The van der Waals surface area contributed by atoms with Gasteiger partial charge in [-0.05, 0) is 51.4 Å². The number of phosphoric acid groups is 1. The molecule has 0 aromatic rings. The quantitative estimate of drug-likeness (QED) is 0.0220. The van der Waals surface area contributed by atoms with Gasteiger partial charge in [0.1, 0.15) is 19.3 Å². The van der Waals surface area contributed by atoms with Crippen LogP contribution in [0, 0.1) is 0 Å². The van der Waals surface area contributed by atoms with E-state index in [-0.39, 0.29) is 32.2 Å². The Morgan fingerprint density at radius 3 is 1.57 bits per heavy atom. The summed E-state index contributed by atoms with van der Waals surface area (Å²) < 4.78 is 34.9. The van der Waals surface area contributed by atoms with Crippen LogP contribution in [0.5, 0.6) is 0 Å². The predicted octanol–water partition coefficient (Wildman–Crippen LogP) is 12.2. The second-order valence-electron chi connectivity index (χ2n) is 15.0. The van der Waals surface area contributed by atoms with Crippen molar-refractivity contribution in [3.8, 4) is 0 Å². The van der Waals surface area contributed by atoms with E-state index < -0.39 is 13.9 Å². The van der Waals surface area contributed by atoms with Crippen molar-refractivity contribution >= 4 is 13.8 Å². The molecule has 0 aromatic carbocycles. The SMILES string of the molecule is CC/C=C/C/C=C/C/C=C/C/C=C/C/C=C/CCCC(=O)OC(COCCCCCCCCCCCCCCCC)COP(=O)(O)OCC[N+](C)(C)C. The zero-order valence-corrected chi connectivity index (χ0v) is 35.6. The van der Waals surface area contributed by atoms with Gasteiger partial charge in [0.2, 0.25) is 0 Å². The van der Waals surface area contributed by atoms with Crippen molar-refractivity contribution in [1.82, 2.24) is 0 Å². The Labute approximate surface area is 326 Å². The van der Waals surface area contributed by atoms with E-state index in [9.17, 15) is 14.3 Å². The van der Waals surface area contributed by atoms with Gasteiger partial charge in [-0.3, -0.25) is 13.8 Å². The summed E-state index contributed by atoms with van der Waals surface area (Å²) in [6.07, 6.45) is 45.4. The Morgan fingerprint density at radius 2 is 1.08 bits per heavy atom. The highest BCUT2D eigenvalue weighted by atomic mass is 31.2. The molecule has 0 bridgehead atoms. The van der Waals surface area contributed by atoms with Gasteiger partial charge in [-0.1, -0.05) is 158 Å². The summed E-state index contributed by atoms with van der Waals surface area (Å²) in [5.41, 5.74) is 0. The third-order valence-electron chi connectivity index (χ3n) is 8.59. The Balaban J connectivity index is 4.37. The Bertz CT molecular complexity index is 1030. The molecule has 0 fully saturated rings. The molecule has 9 heteroatoms. The number of esters is 1. The molecule has 1 N–H and O–H groups in total. The first-order valence-corrected chi connectivity index (χ1v) is 22.5. The maximum absolute atomic E-state index is 12.6. The maximum Gasteiger partial charge on any atom is 0.472 e. The first kappa shape index (κ1) is 51.2. The highest BCUT2D eigenvalue weighted by molar-refractivity contribution is 7.47. The maximum atomic E-state index is 12.6. The van der Waals surface area contributed by atoms with Gasteiger partial charge in [-0.2, -0.15) is 0 Å². The van der Waals surface area contributed by atoms with Crippen molar-refractivity contribution in [2.75, 3.05) is 54.1 Å². The fourth-order valence-electron chi connectivity index (χ4n) is 5.35. The van der Waals surface area contributed by atoms with Crippen LogP contribution >= 0.6 is 7.82 Å². The number of allylic oxidation sites excluding steroid dienone is 10. The van der Waals surface area contributed by atoms with Gasteiger partial charge in [-0.15, -0.1) is 0 Å². The summed E-state index contributed by atoms with van der Waals surface area (Å²) in [5, 5.41) is 0. The van der Waals surface area contributed by atoms with E-state index in [1.165, 1.54) is 77.0 Å². The van der Waals surface area contributed by atoms with Crippen molar-refractivity contribution in [3.05, 3.63) is 60.8 Å². The van der Waals surface area contributed by atoms with Crippen LogP contribution in [0.15, 0.2) is 60.8 Å². The molecule has 0 amide bonds. The van der Waals surface area contributed by atoms with E-state index in [0.29, 0.717) is 24.1 Å². The van der Waals surface area contributed by atoms with Crippen molar-refractivity contribution in [2.24, 2.45) is 0 Å². The molecule has 8 nitrogen and oxygen atoms in total. The van der Waals surface area contributed by atoms with E-state index in [1.54, 1.807) is 0 Å². The van der Waals surface area contributed by atoms with Crippen LogP contribution in [0.25, 0.3) is 0 Å². The standard InChI is InChI=1S/C44H80NO7P/c1-6-8-10-12-14-16-18-20-22-23-24-25-27-29-31-33-35-37-44(46)52-43(42-51-53(47,48)50-40-38-45(3,4)5)41-49-39-36-34-32-30-28-26-21-19-17-15-13-11-9-7-2/h8,10,14,16,20,22,24-25,29,31,43H,6-7,9,11-13,15,17-19,21,23,26-28,30,32-42H2,1-5H3/p+1/b10-8+,16-14+,22-20+,25-24+,31-29+. The monoisotopic (exact) mass is 767 g/mol. The third kappa shape index (κ3) is 41.2. The van der Waals surface area contributed by atoms with Gasteiger partial charge in [0.15, 0.2) is 0 Å². The Morgan fingerprint density at radius 1 is 0.604 bits per heavy atom. The molecule has 0 aliphatic heterocycles. The van der Waals surface area contributed by atoms with Crippen molar-refractivity contribution in [2.45, 2.75) is 161 Å². The molecular weight excluding hydrogens is 685 g/mol. The van der Waals surface area contributed by atoms with E-state index in [0.717, 1.165) is 51.4 Å². The minimum Gasteiger partial charge on any atom is -0.457 e. The third-order valence-corrected chi connectivity index (χ3v) is 9.58. The largest absolute Gasteiger partial charge is 0.472 e. The smallest absolute Gasteiger partial charge is 0.457 e. The fraction of sp³-hybridized carbons (Fsp3) is 0.750. The number of unbranched alkanes of at least 4 members (excludes halogenated alkanes) is 14. The lowest BCUT2D eigenvalue weighted by atomic mass is 10.0. The van der Waals surface area contributed by atoms with Crippen LogP contribution in [0.1, 0.15) is 155 Å². The van der Waals surface area contributed by atoms with E-state index >= 15 is 0 Å². The van der Waals surface area contributed by atoms with Crippen LogP contribution < -0.4 is 0 Å². The lowest BCUT2D eigenvalue weighted by molar-refractivity contribution is -0.870. The minimum absolute atomic E-state index is 0.0765. The van der Waals surface area contributed by atoms with Gasteiger partial charge in [0.25, 0.3) is 0 Å². The van der Waals surface area contributed by atoms with Crippen LogP contribution in [0.4, 0.5) is 0 Å². The number of nitrogens with zero attached hydrogens (tertiary/aromatic N) is 1. The van der Waals surface area contributed by atoms with Crippen LogP contribution in [-0.2, 0) is 27.9 Å². The molecule has 0 heterocycles. The first-order chi connectivity index (χ1) is 25.6. The Kier molecular flexibility index (Phi) is 35.9. The highest BCUT2D eigenvalue weighted by Gasteiger charge is 2.26. The molecule has 2 atom stereocenters. The van der Waals surface area contributed by atoms with Crippen molar-refractivity contribution < 1.29 is 37.3 Å². The van der Waals surface area contributed by atoms with Gasteiger partial charge in [-0.25, -0.2) is 4.57 Å². The number of rotatable bonds is 38. The van der Waals surface area contributed by atoms with Crippen LogP contribution in [0.3, 0.4) is 0 Å². The zero-order valence-electron chi connectivity index (χ0n) is 34.7. The lowest BCUT2D eigenvalue weighted by Gasteiger charge is -2.24. The van der Waals surface area contributed by atoms with Gasteiger partial charge < -0.3 is 18.9 Å². The molecule has 0 radical (unpaired) electrons. The second kappa shape index (κ2) is 37.1. The zero-order chi connectivity index (χ0) is 39.1. The molecule has 2 unspecified atom stereocenters. The highest BCUT2D eigenvalue weighted by Crippen LogP contribution is 2.43. The number of ether oxygens (including phenoxy) is 2. The molecule has 0 spiro atoms. The van der Waals surface area contributed by atoms with Gasteiger partial charge in [0.05, 0.1) is 34.4 Å². The topological polar surface area (TPSA) is 91.3 Å². The number of hydrogen-bond acceptors (Lipinski definition) is 6. The molecular formula is C44H81NO7P+. The average molecular weight is 767 g/mol.